The van der Waals surface area contributed by atoms with Crippen molar-refractivity contribution >= 4 is 44.6 Å². The highest BCUT2D eigenvalue weighted by molar-refractivity contribution is 7.91. The molecule has 3 heterocycles. The Labute approximate surface area is 345 Å². The number of carboxylic acid groups (broad SMARTS) is 1. The molecule has 0 spiro atoms. The maximum absolute atomic E-state index is 15.0. The minimum atomic E-state index is -5.13. The number of allylic oxidation sites excluding steroid dienone is 1. The number of ether oxygens (including phenoxy) is 3. The second kappa shape index (κ2) is 16.2. The lowest BCUT2D eigenvalue weighted by Gasteiger charge is -2.45. The maximum Gasteiger partial charge on any atom is 0.411 e. The number of nitrogens with zero attached hydrogens (tertiary/aromatic N) is 3. The number of rotatable bonds is 10. The lowest BCUT2D eigenvalue weighted by Crippen LogP contribution is -2.66. The zero-order valence-electron chi connectivity index (χ0n) is 34.2. The molecule has 0 bridgehead atoms. The molecule has 2 aliphatic heterocycles. The third-order valence-corrected chi connectivity index (χ3v) is 14.6. The maximum atomic E-state index is 15.0. The summed E-state index contributed by atoms with van der Waals surface area (Å²) in [4.78, 5) is 61.9. The van der Waals surface area contributed by atoms with Crippen LogP contribution in [-0.4, -0.2) is 120 Å². The third kappa shape index (κ3) is 8.14. The minimum Gasteiger partial charge on any atom is -0.493 e. The van der Waals surface area contributed by atoms with Gasteiger partial charge < -0.3 is 29.5 Å². The summed E-state index contributed by atoms with van der Waals surface area (Å²) in [6, 6.07) is 1.46. The summed E-state index contributed by atoms with van der Waals surface area (Å²) in [6.45, 7) is 3.00. The quantitative estimate of drug-likeness (QED) is 0.212. The Kier molecular flexibility index (Phi) is 12.1. The zero-order chi connectivity index (χ0) is 44.2. The number of sulfonamides is 1. The standard InChI is InChI=1S/C40H51F4N5O10S/c1-22-9-7-8-10-25-19-39(25,35(52)47-60(55,56)38(21-41)12-13-38)46-32(50)28-17-26(59-33-27-18-30(58-6)29(57-5)16-24(27)11-14-45-33)20-48(28)34(51)31(23(2)15-22)49(36(53)54)37(3,4)40(42,43)44/h8,10-11,14,16,18,22-23,25-26,28,31H,7,9,12-13,15,17,19-21H2,1-6H3,(H,46,50)(H,47,52)(H,53,54)/t22-,23-,25-,26-,28+,31+,39-/m1/s1. The number of methoxy groups -OCH3 is 2. The Bertz CT molecular complexity index is 2170. The van der Waals surface area contributed by atoms with Gasteiger partial charge in [0.25, 0.3) is 5.91 Å². The van der Waals surface area contributed by atoms with E-state index in [0.717, 1.165) is 4.90 Å². The number of hydrogen-bond donors (Lipinski definition) is 3. The molecule has 0 radical (unpaired) electrons. The Morgan fingerprint density at radius 1 is 1.10 bits per heavy atom. The lowest BCUT2D eigenvalue weighted by atomic mass is 9.85. The molecule has 6 rings (SSSR count). The molecular weight excluding hydrogens is 819 g/mol. The molecule has 2 saturated carbocycles. The van der Waals surface area contributed by atoms with Gasteiger partial charge in [0.1, 0.15) is 40.7 Å². The van der Waals surface area contributed by atoms with Gasteiger partial charge in [0, 0.05) is 23.9 Å². The molecule has 7 atom stereocenters. The van der Waals surface area contributed by atoms with E-state index in [1.807, 2.05) is 11.6 Å². The third-order valence-electron chi connectivity index (χ3n) is 12.5. The molecule has 1 aromatic carbocycles. The molecule has 2 aliphatic carbocycles. The SMILES string of the molecule is COc1cc2ccnc(O[C@@H]3C[C@H]4C(=O)N[C@]5(C(=O)NS(=O)(=O)C6(CF)CC6)C[C@H]5C=CCC[C@@H](C)C[C@@H](C)[C@H](N(C(=O)O)C(C)(C)C(F)(F)F)C(=O)N4C3)c2cc1OC. The molecule has 1 aromatic heterocycles. The highest BCUT2D eigenvalue weighted by atomic mass is 32.2. The molecule has 2 aromatic rings. The van der Waals surface area contributed by atoms with Crippen molar-refractivity contribution < 1.29 is 64.5 Å². The van der Waals surface area contributed by atoms with Crippen LogP contribution in [0.5, 0.6) is 17.4 Å². The number of halogens is 4. The summed E-state index contributed by atoms with van der Waals surface area (Å²) >= 11 is 0. The van der Waals surface area contributed by atoms with Gasteiger partial charge in [-0.1, -0.05) is 26.0 Å². The van der Waals surface area contributed by atoms with E-state index in [9.17, 15) is 45.5 Å². The van der Waals surface area contributed by atoms with Crippen LogP contribution in [0, 0.1) is 17.8 Å². The van der Waals surface area contributed by atoms with Crippen molar-refractivity contribution in [1.82, 2.24) is 24.8 Å². The van der Waals surface area contributed by atoms with Crippen molar-refractivity contribution in [1.29, 1.82) is 0 Å². The molecule has 4 aliphatic rings. The van der Waals surface area contributed by atoms with Crippen LogP contribution in [0.4, 0.5) is 22.4 Å². The minimum absolute atomic E-state index is 0.00248. The van der Waals surface area contributed by atoms with E-state index < -0.39 is 99.1 Å². The first-order chi connectivity index (χ1) is 28.1. The normalized spacial score (nSPS) is 28.3. The van der Waals surface area contributed by atoms with E-state index >= 15 is 4.79 Å². The Balaban J connectivity index is 1.43. The number of nitrogens with one attached hydrogen (secondary N) is 2. The lowest BCUT2D eigenvalue weighted by molar-refractivity contribution is -0.222. The topological polar surface area (TPSA) is 194 Å². The average molecular weight is 870 g/mol. The van der Waals surface area contributed by atoms with Crippen LogP contribution < -0.4 is 24.2 Å². The van der Waals surface area contributed by atoms with Gasteiger partial charge >= 0.3 is 12.3 Å². The highest BCUT2D eigenvalue weighted by Crippen LogP contribution is 2.48. The predicted octanol–water partition coefficient (Wildman–Crippen LogP) is 5.13. The number of fused-ring (bicyclic) bond motifs is 3. The fraction of sp³-hybridized carbons (Fsp3) is 0.625. The molecule has 3 N–H and O–H groups in total. The van der Waals surface area contributed by atoms with Crippen LogP contribution in [-0.2, 0) is 24.4 Å². The van der Waals surface area contributed by atoms with Gasteiger partial charge in [-0.2, -0.15) is 13.2 Å². The molecule has 60 heavy (non-hydrogen) atoms. The fourth-order valence-electron chi connectivity index (χ4n) is 8.46. The van der Waals surface area contributed by atoms with Crippen molar-refractivity contribution in [2.75, 3.05) is 27.4 Å². The fourth-order valence-corrected chi connectivity index (χ4v) is 9.89. The molecule has 15 nitrogen and oxygen atoms in total. The van der Waals surface area contributed by atoms with Crippen LogP contribution in [0.3, 0.4) is 0 Å². The van der Waals surface area contributed by atoms with Gasteiger partial charge in [-0.05, 0) is 87.8 Å². The van der Waals surface area contributed by atoms with Gasteiger partial charge in [0.15, 0.2) is 11.5 Å². The molecule has 330 valence electrons. The summed E-state index contributed by atoms with van der Waals surface area (Å²) in [5.74, 6) is -4.31. The highest BCUT2D eigenvalue weighted by Gasteiger charge is 2.64. The van der Waals surface area contributed by atoms with Gasteiger partial charge in [-0.25, -0.2) is 22.6 Å². The number of carbonyl (C=O) groups is 4. The van der Waals surface area contributed by atoms with Crippen molar-refractivity contribution in [2.24, 2.45) is 17.8 Å². The first kappa shape index (κ1) is 44.7. The second-order valence-corrected chi connectivity index (χ2v) is 19.1. The second-order valence-electron chi connectivity index (χ2n) is 17.0. The van der Waals surface area contributed by atoms with Gasteiger partial charge in [0.2, 0.25) is 27.7 Å². The first-order valence-corrected chi connectivity index (χ1v) is 21.2. The smallest absolute Gasteiger partial charge is 0.411 e. The molecular formula is C40H51F4N5O10S. The summed E-state index contributed by atoms with van der Waals surface area (Å²) in [5.41, 5.74) is -4.92. The van der Waals surface area contributed by atoms with E-state index in [4.69, 9.17) is 14.2 Å². The van der Waals surface area contributed by atoms with Gasteiger partial charge in [-0.3, -0.25) is 24.0 Å². The summed E-state index contributed by atoms with van der Waals surface area (Å²) in [5, 5.41) is 14.2. The van der Waals surface area contributed by atoms with E-state index in [1.165, 1.54) is 27.3 Å². The van der Waals surface area contributed by atoms with E-state index in [-0.39, 0.29) is 48.8 Å². The van der Waals surface area contributed by atoms with E-state index in [0.29, 0.717) is 49.0 Å². The number of hydrogen-bond acceptors (Lipinski definition) is 10. The van der Waals surface area contributed by atoms with Crippen LogP contribution in [0.15, 0.2) is 36.5 Å². The van der Waals surface area contributed by atoms with Crippen LogP contribution >= 0.6 is 0 Å². The van der Waals surface area contributed by atoms with Crippen molar-refractivity contribution in [3.8, 4) is 17.4 Å². The first-order valence-electron chi connectivity index (χ1n) is 19.7. The van der Waals surface area contributed by atoms with Crippen LogP contribution in [0.25, 0.3) is 10.8 Å². The van der Waals surface area contributed by atoms with E-state index in [1.54, 1.807) is 30.4 Å². The molecule has 0 unspecified atom stereocenters. The van der Waals surface area contributed by atoms with Gasteiger partial charge in [0.05, 0.1) is 20.8 Å². The number of carbonyl (C=O) groups excluding carboxylic acids is 3. The Morgan fingerprint density at radius 2 is 1.77 bits per heavy atom. The number of aromatic nitrogens is 1. The largest absolute Gasteiger partial charge is 0.493 e. The van der Waals surface area contributed by atoms with Gasteiger partial charge in [-0.15, -0.1) is 0 Å². The average Bonchev–Trinajstić information content (AvgIpc) is 4.08. The van der Waals surface area contributed by atoms with Crippen molar-refractivity contribution in [2.45, 2.75) is 113 Å². The summed E-state index contributed by atoms with van der Waals surface area (Å²) in [6.07, 6.45) is -2.68. The monoisotopic (exact) mass is 869 g/mol. The number of alkyl halides is 4. The zero-order valence-corrected chi connectivity index (χ0v) is 35.0. The van der Waals surface area contributed by atoms with Crippen molar-refractivity contribution in [3.05, 3.63) is 36.5 Å². The van der Waals surface area contributed by atoms with Crippen molar-refractivity contribution in [3.63, 3.8) is 0 Å². The molecule has 1 saturated heterocycles. The number of pyridine rings is 1. The summed E-state index contributed by atoms with van der Waals surface area (Å²) in [7, 11) is -1.63. The number of benzene rings is 1. The summed E-state index contributed by atoms with van der Waals surface area (Å²) < 4.78 is 102. The van der Waals surface area contributed by atoms with Crippen LogP contribution in [0.2, 0.25) is 0 Å². The molecule has 4 amide bonds. The Hall–Kier alpha value is -4.88. The number of amides is 4. The van der Waals surface area contributed by atoms with Crippen LogP contribution in [0.1, 0.15) is 72.6 Å². The van der Waals surface area contributed by atoms with E-state index in [2.05, 4.69) is 10.3 Å². The molecule has 20 heteroatoms. The molecule has 3 fully saturated rings. The Morgan fingerprint density at radius 3 is 2.37 bits per heavy atom. The predicted molar refractivity (Wildman–Crippen MR) is 208 cm³/mol.